The monoisotopic (exact) mass is 399 g/mol. The number of hydrogen-bond donors (Lipinski definition) is 2. The van der Waals surface area contributed by atoms with Crippen LogP contribution in [-0.4, -0.2) is 44.3 Å². The summed E-state index contributed by atoms with van der Waals surface area (Å²) in [7, 11) is 1.63. The van der Waals surface area contributed by atoms with Crippen molar-refractivity contribution in [1.82, 2.24) is 10.3 Å². The highest BCUT2D eigenvalue weighted by atomic mass is 35.5. The van der Waals surface area contributed by atoms with E-state index in [4.69, 9.17) is 9.47 Å². The maximum absolute atomic E-state index is 11.9. The van der Waals surface area contributed by atoms with E-state index in [-0.39, 0.29) is 37.3 Å². The highest BCUT2D eigenvalue weighted by Crippen LogP contribution is 2.30. The van der Waals surface area contributed by atoms with E-state index in [9.17, 15) is 4.79 Å². The van der Waals surface area contributed by atoms with Crippen LogP contribution in [0.3, 0.4) is 0 Å². The first-order chi connectivity index (χ1) is 11.8. The summed E-state index contributed by atoms with van der Waals surface area (Å²) in [5.74, 6) is 1.37. The standard InChI is InChI=1S/C18H21N3O3.2ClH/c1-23-10-8-19-12-18(22)21-17-4-2-3-15(20-17)13-5-6-16-14(11-13)7-9-24-16;;/h2-6,11,19H,7-10,12H2,1H3,(H,20,21,22);2*1H. The largest absolute Gasteiger partial charge is 0.493 e. The maximum Gasteiger partial charge on any atom is 0.239 e. The zero-order valence-electron chi connectivity index (χ0n) is 14.5. The van der Waals surface area contributed by atoms with Crippen molar-refractivity contribution < 1.29 is 14.3 Å². The summed E-state index contributed by atoms with van der Waals surface area (Å²) < 4.78 is 10.5. The molecule has 0 aliphatic carbocycles. The molecule has 1 aromatic heterocycles. The summed E-state index contributed by atoms with van der Waals surface area (Å²) in [5.41, 5.74) is 3.05. The number of benzene rings is 1. The van der Waals surface area contributed by atoms with Crippen LogP contribution in [0.4, 0.5) is 5.82 Å². The SMILES string of the molecule is COCCNCC(=O)Nc1cccc(-c2ccc3c(c2)CCO3)n1.Cl.Cl. The molecule has 142 valence electrons. The van der Waals surface area contributed by atoms with Crippen LogP contribution in [0, 0.1) is 0 Å². The molecule has 1 aromatic carbocycles. The van der Waals surface area contributed by atoms with Crippen molar-refractivity contribution in [2.75, 3.05) is 38.7 Å². The van der Waals surface area contributed by atoms with Crippen LogP contribution in [-0.2, 0) is 16.0 Å². The fraction of sp³-hybridized carbons (Fsp3) is 0.333. The molecule has 2 N–H and O–H groups in total. The van der Waals surface area contributed by atoms with Crippen molar-refractivity contribution in [1.29, 1.82) is 0 Å². The Morgan fingerprint density at radius 2 is 2.12 bits per heavy atom. The third-order valence-corrected chi connectivity index (χ3v) is 3.77. The Hall–Kier alpha value is -1.86. The molecule has 8 heteroatoms. The van der Waals surface area contributed by atoms with Crippen LogP contribution in [0.1, 0.15) is 5.56 Å². The third-order valence-electron chi connectivity index (χ3n) is 3.77. The maximum atomic E-state index is 11.9. The summed E-state index contributed by atoms with van der Waals surface area (Å²) in [5, 5.41) is 5.81. The van der Waals surface area contributed by atoms with E-state index in [1.165, 1.54) is 5.56 Å². The second-order valence-corrected chi connectivity index (χ2v) is 5.55. The normalized spacial score (nSPS) is 11.6. The van der Waals surface area contributed by atoms with Crippen LogP contribution < -0.4 is 15.4 Å². The van der Waals surface area contributed by atoms with E-state index >= 15 is 0 Å². The van der Waals surface area contributed by atoms with E-state index in [1.54, 1.807) is 13.2 Å². The Morgan fingerprint density at radius 1 is 1.27 bits per heavy atom. The number of methoxy groups -OCH3 is 1. The second-order valence-electron chi connectivity index (χ2n) is 5.55. The first-order valence-electron chi connectivity index (χ1n) is 7.99. The predicted molar refractivity (Wildman–Crippen MR) is 107 cm³/mol. The van der Waals surface area contributed by atoms with E-state index in [2.05, 4.69) is 21.7 Å². The predicted octanol–water partition coefficient (Wildman–Crippen LogP) is 2.70. The Bertz CT molecular complexity index is 729. The molecule has 0 saturated carbocycles. The van der Waals surface area contributed by atoms with Gasteiger partial charge in [0.1, 0.15) is 11.6 Å². The molecule has 2 aromatic rings. The van der Waals surface area contributed by atoms with Crippen molar-refractivity contribution in [3.05, 3.63) is 42.0 Å². The number of amides is 1. The number of anilines is 1. The average Bonchev–Trinajstić information content (AvgIpc) is 3.06. The number of fused-ring (bicyclic) bond motifs is 1. The zero-order valence-corrected chi connectivity index (χ0v) is 16.1. The van der Waals surface area contributed by atoms with Crippen molar-refractivity contribution >= 4 is 36.5 Å². The van der Waals surface area contributed by atoms with Crippen LogP contribution in [0.5, 0.6) is 5.75 Å². The van der Waals surface area contributed by atoms with Gasteiger partial charge in [0.2, 0.25) is 5.91 Å². The molecular weight excluding hydrogens is 377 g/mol. The van der Waals surface area contributed by atoms with Gasteiger partial charge < -0.3 is 20.1 Å². The van der Waals surface area contributed by atoms with Crippen molar-refractivity contribution in [2.24, 2.45) is 0 Å². The van der Waals surface area contributed by atoms with Gasteiger partial charge in [-0.05, 0) is 35.9 Å². The number of nitrogens with one attached hydrogen (secondary N) is 2. The third kappa shape index (κ3) is 5.85. The average molecular weight is 400 g/mol. The van der Waals surface area contributed by atoms with Crippen molar-refractivity contribution in [3.63, 3.8) is 0 Å². The summed E-state index contributed by atoms with van der Waals surface area (Å²) in [4.78, 5) is 16.4. The number of rotatable bonds is 7. The molecule has 0 saturated heterocycles. The summed E-state index contributed by atoms with van der Waals surface area (Å²) in [6, 6.07) is 11.7. The lowest BCUT2D eigenvalue weighted by Crippen LogP contribution is -2.30. The number of hydrogen-bond acceptors (Lipinski definition) is 5. The number of nitrogens with zero attached hydrogens (tertiary/aromatic N) is 1. The molecule has 0 fully saturated rings. The van der Waals surface area contributed by atoms with Gasteiger partial charge in [-0.2, -0.15) is 0 Å². The molecule has 0 radical (unpaired) electrons. The number of pyridine rings is 1. The molecular formula is C18H23Cl2N3O3. The molecule has 3 rings (SSSR count). The van der Waals surface area contributed by atoms with E-state index in [0.717, 1.165) is 30.0 Å². The highest BCUT2D eigenvalue weighted by molar-refractivity contribution is 5.91. The van der Waals surface area contributed by atoms with Gasteiger partial charge in [0.15, 0.2) is 0 Å². The fourth-order valence-corrected chi connectivity index (χ4v) is 2.57. The minimum Gasteiger partial charge on any atom is -0.493 e. The van der Waals surface area contributed by atoms with Gasteiger partial charge in [-0.1, -0.05) is 6.07 Å². The van der Waals surface area contributed by atoms with Gasteiger partial charge in [0, 0.05) is 25.6 Å². The number of halogens is 2. The molecule has 2 heterocycles. The second kappa shape index (κ2) is 11.0. The Kier molecular flexibility index (Phi) is 9.37. The Morgan fingerprint density at radius 3 is 2.92 bits per heavy atom. The first kappa shape index (κ1) is 22.2. The minimum absolute atomic E-state index is 0. The number of aromatic nitrogens is 1. The van der Waals surface area contributed by atoms with Crippen LogP contribution >= 0.6 is 24.8 Å². The van der Waals surface area contributed by atoms with Crippen LogP contribution in [0.2, 0.25) is 0 Å². The molecule has 1 aliphatic rings. The summed E-state index contributed by atoms with van der Waals surface area (Å²) in [6.45, 7) is 2.17. The van der Waals surface area contributed by atoms with E-state index in [1.807, 2.05) is 24.3 Å². The molecule has 0 unspecified atom stereocenters. The van der Waals surface area contributed by atoms with Gasteiger partial charge in [0.25, 0.3) is 0 Å². The van der Waals surface area contributed by atoms with Crippen LogP contribution in [0.25, 0.3) is 11.3 Å². The Labute approximate surface area is 165 Å². The lowest BCUT2D eigenvalue weighted by Gasteiger charge is -2.08. The lowest BCUT2D eigenvalue weighted by atomic mass is 10.1. The van der Waals surface area contributed by atoms with Gasteiger partial charge in [0.05, 0.1) is 25.5 Å². The number of ether oxygens (including phenoxy) is 2. The minimum atomic E-state index is -0.127. The number of carbonyl (C=O) groups is 1. The van der Waals surface area contributed by atoms with E-state index < -0.39 is 0 Å². The molecule has 6 nitrogen and oxygen atoms in total. The van der Waals surface area contributed by atoms with Gasteiger partial charge in [-0.15, -0.1) is 24.8 Å². The number of carbonyl (C=O) groups excluding carboxylic acids is 1. The molecule has 26 heavy (non-hydrogen) atoms. The molecule has 1 aliphatic heterocycles. The smallest absolute Gasteiger partial charge is 0.239 e. The zero-order chi connectivity index (χ0) is 16.8. The van der Waals surface area contributed by atoms with Crippen LogP contribution in [0.15, 0.2) is 36.4 Å². The fourth-order valence-electron chi connectivity index (χ4n) is 2.57. The Balaban J connectivity index is 0.00000169. The molecule has 0 bridgehead atoms. The lowest BCUT2D eigenvalue weighted by molar-refractivity contribution is -0.115. The van der Waals surface area contributed by atoms with Crippen molar-refractivity contribution in [3.8, 4) is 17.0 Å². The van der Waals surface area contributed by atoms with E-state index in [0.29, 0.717) is 19.0 Å². The quantitative estimate of drug-likeness (QED) is 0.700. The molecule has 0 spiro atoms. The van der Waals surface area contributed by atoms with Crippen molar-refractivity contribution in [2.45, 2.75) is 6.42 Å². The summed E-state index contributed by atoms with van der Waals surface area (Å²) in [6.07, 6.45) is 0.923. The molecule has 0 atom stereocenters. The molecule has 1 amide bonds. The van der Waals surface area contributed by atoms with Gasteiger partial charge in [-0.3, -0.25) is 4.79 Å². The highest BCUT2D eigenvalue weighted by Gasteiger charge is 2.13. The first-order valence-corrected chi connectivity index (χ1v) is 7.99. The topological polar surface area (TPSA) is 72.5 Å². The summed E-state index contributed by atoms with van der Waals surface area (Å²) >= 11 is 0. The van der Waals surface area contributed by atoms with Gasteiger partial charge >= 0.3 is 0 Å². The van der Waals surface area contributed by atoms with Gasteiger partial charge in [-0.25, -0.2) is 4.98 Å².